The molecule has 1 heterocycles. The van der Waals surface area contributed by atoms with Crippen molar-refractivity contribution < 1.29 is 19.0 Å². The summed E-state index contributed by atoms with van der Waals surface area (Å²) in [6.45, 7) is 10.1. The molecule has 2 aromatic rings. The number of aromatic nitrogens is 2. The fourth-order valence-electron chi connectivity index (χ4n) is 3.61. The number of hydrogen-bond donors (Lipinski definition) is 1. The maximum Gasteiger partial charge on any atom is 0.339 e. The number of carbonyl (C=O) groups is 1. The minimum absolute atomic E-state index is 0.0229. The molecule has 0 fully saturated rings. The lowest BCUT2D eigenvalue weighted by molar-refractivity contribution is 0.0127. The monoisotopic (exact) mass is 438 g/mol. The Morgan fingerprint density at radius 3 is 2.53 bits per heavy atom. The van der Waals surface area contributed by atoms with Gasteiger partial charge in [0, 0.05) is 7.11 Å². The standard InChI is InChI=1S/C23H32ClFN2O3/c1-14(2)21-20(22(28)29)19(12-15(3)8-7-11-23(4,5)30-6)26-27(21)16-9-10-18(25)17(24)13-16/h9-10,13-15H,7-8,11-12H2,1-6H3,(H,28,29). The van der Waals surface area contributed by atoms with E-state index in [1.165, 1.54) is 12.1 Å². The molecule has 0 saturated heterocycles. The molecule has 1 N–H and O–H groups in total. The second-order valence-corrected chi connectivity index (χ2v) is 9.25. The van der Waals surface area contributed by atoms with Gasteiger partial charge in [0.05, 0.1) is 27.7 Å². The normalized spacial score (nSPS) is 13.1. The lowest BCUT2D eigenvalue weighted by Crippen LogP contribution is -2.22. The van der Waals surface area contributed by atoms with Gasteiger partial charge in [0.15, 0.2) is 0 Å². The molecule has 0 aliphatic heterocycles. The summed E-state index contributed by atoms with van der Waals surface area (Å²) >= 11 is 5.95. The molecule has 1 atom stereocenters. The van der Waals surface area contributed by atoms with Crippen molar-refractivity contribution in [2.45, 2.75) is 71.8 Å². The number of halogens is 2. The number of ether oxygens (including phenoxy) is 1. The first-order valence-electron chi connectivity index (χ1n) is 10.3. The van der Waals surface area contributed by atoms with Gasteiger partial charge in [-0.25, -0.2) is 13.9 Å². The van der Waals surface area contributed by atoms with Gasteiger partial charge >= 0.3 is 5.97 Å². The largest absolute Gasteiger partial charge is 0.478 e. The Hall–Kier alpha value is -1.92. The molecule has 166 valence electrons. The third kappa shape index (κ3) is 5.82. The first-order valence-corrected chi connectivity index (χ1v) is 10.7. The Kier molecular flexibility index (Phi) is 8.06. The van der Waals surface area contributed by atoms with Gasteiger partial charge in [0.25, 0.3) is 0 Å². The smallest absolute Gasteiger partial charge is 0.339 e. The summed E-state index contributed by atoms with van der Waals surface area (Å²) in [6.07, 6.45) is 3.41. The van der Waals surface area contributed by atoms with Gasteiger partial charge in [0.1, 0.15) is 11.4 Å². The summed E-state index contributed by atoms with van der Waals surface area (Å²) in [7, 11) is 1.71. The number of aromatic carboxylic acids is 1. The minimum Gasteiger partial charge on any atom is -0.478 e. The van der Waals surface area contributed by atoms with Crippen LogP contribution >= 0.6 is 11.6 Å². The molecule has 0 amide bonds. The van der Waals surface area contributed by atoms with Crippen LogP contribution in [0.5, 0.6) is 0 Å². The van der Waals surface area contributed by atoms with Crippen LogP contribution in [0.3, 0.4) is 0 Å². The summed E-state index contributed by atoms with van der Waals surface area (Å²) in [5, 5.41) is 14.5. The number of carboxylic acid groups (broad SMARTS) is 1. The second-order valence-electron chi connectivity index (χ2n) is 8.84. The molecule has 1 aromatic heterocycles. The van der Waals surface area contributed by atoms with E-state index in [1.807, 2.05) is 13.8 Å². The van der Waals surface area contributed by atoms with Crippen LogP contribution in [0, 0.1) is 11.7 Å². The number of rotatable bonds is 10. The zero-order valence-corrected chi connectivity index (χ0v) is 19.4. The van der Waals surface area contributed by atoms with Crippen LogP contribution in [-0.4, -0.2) is 33.6 Å². The van der Waals surface area contributed by atoms with Gasteiger partial charge in [-0.3, -0.25) is 0 Å². The Morgan fingerprint density at radius 1 is 1.33 bits per heavy atom. The van der Waals surface area contributed by atoms with E-state index in [0.29, 0.717) is 23.5 Å². The van der Waals surface area contributed by atoms with Gasteiger partial charge in [-0.1, -0.05) is 45.2 Å². The molecule has 0 saturated carbocycles. The number of carboxylic acids is 1. The van der Waals surface area contributed by atoms with Gasteiger partial charge in [-0.2, -0.15) is 5.10 Å². The molecule has 0 radical (unpaired) electrons. The van der Waals surface area contributed by atoms with Crippen LogP contribution in [0.15, 0.2) is 18.2 Å². The van der Waals surface area contributed by atoms with Crippen molar-refractivity contribution in [3.8, 4) is 5.69 Å². The number of methoxy groups -OCH3 is 1. The minimum atomic E-state index is -0.999. The molecular formula is C23H32ClFN2O3. The third-order valence-corrected chi connectivity index (χ3v) is 5.76. The molecule has 0 aliphatic rings. The molecule has 1 aromatic carbocycles. The molecule has 0 bridgehead atoms. The highest BCUT2D eigenvalue weighted by Crippen LogP contribution is 2.30. The number of nitrogens with zero attached hydrogens (tertiary/aromatic N) is 2. The zero-order chi connectivity index (χ0) is 22.6. The molecule has 2 rings (SSSR count). The average Bonchev–Trinajstić information content (AvgIpc) is 3.03. The summed E-state index contributed by atoms with van der Waals surface area (Å²) in [5.74, 6) is -1.35. The molecule has 30 heavy (non-hydrogen) atoms. The van der Waals surface area contributed by atoms with Crippen molar-refractivity contribution in [2.24, 2.45) is 5.92 Å². The van der Waals surface area contributed by atoms with Crippen molar-refractivity contribution >= 4 is 17.6 Å². The topological polar surface area (TPSA) is 64.4 Å². The highest BCUT2D eigenvalue weighted by atomic mass is 35.5. The predicted molar refractivity (Wildman–Crippen MR) is 117 cm³/mol. The lowest BCUT2D eigenvalue weighted by atomic mass is 9.92. The summed E-state index contributed by atoms with van der Waals surface area (Å²) in [4.78, 5) is 12.1. The molecule has 7 heteroatoms. The Morgan fingerprint density at radius 2 is 2.00 bits per heavy atom. The van der Waals surface area contributed by atoms with E-state index in [9.17, 15) is 14.3 Å². The summed E-state index contributed by atoms with van der Waals surface area (Å²) in [5.41, 5.74) is 1.75. The van der Waals surface area contributed by atoms with Crippen LogP contribution in [0.4, 0.5) is 4.39 Å². The van der Waals surface area contributed by atoms with E-state index in [0.717, 1.165) is 19.3 Å². The summed E-state index contributed by atoms with van der Waals surface area (Å²) < 4.78 is 20.7. The van der Waals surface area contributed by atoms with Crippen molar-refractivity contribution in [2.75, 3.05) is 7.11 Å². The molecule has 0 spiro atoms. The maximum absolute atomic E-state index is 13.6. The van der Waals surface area contributed by atoms with E-state index in [2.05, 4.69) is 25.9 Å². The van der Waals surface area contributed by atoms with Crippen LogP contribution in [-0.2, 0) is 11.2 Å². The third-order valence-electron chi connectivity index (χ3n) is 5.47. The highest BCUT2D eigenvalue weighted by Gasteiger charge is 2.27. The average molecular weight is 439 g/mol. The van der Waals surface area contributed by atoms with Crippen molar-refractivity contribution in [1.82, 2.24) is 9.78 Å². The van der Waals surface area contributed by atoms with E-state index in [-0.39, 0.29) is 28.0 Å². The van der Waals surface area contributed by atoms with Crippen LogP contribution in [0.2, 0.25) is 5.02 Å². The van der Waals surface area contributed by atoms with Crippen LogP contribution < -0.4 is 0 Å². The first kappa shape index (κ1) is 24.4. The Bertz CT molecular complexity index is 893. The number of benzene rings is 1. The Labute approximate surface area is 183 Å². The van der Waals surface area contributed by atoms with Gasteiger partial charge in [-0.05, 0) is 56.7 Å². The quantitative estimate of drug-likeness (QED) is 0.475. The number of hydrogen-bond acceptors (Lipinski definition) is 3. The van der Waals surface area contributed by atoms with Crippen LogP contribution in [0.25, 0.3) is 5.69 Å². The molecule has 1 unspecified atom stereocenters. The van der Waals surface area contributed by atoms with E-state index >= 15 is 0 Å². The van der Waals surface area contributed by atoms with Crippen LogP contribution in [0.1, 0.15) is 81.5 Å². The lowest BCUT2D eigenvalue weighted by Gasteiger charge is -2.23. The summed E-state index contributed by atoms with van der Waals surface area (Å²) in [6, 6.07) is 4.30. The van der Waals surface area contributed by atoms with Crippen molar-refractivity contribution in [1.29, 1.82) is 0 Å². The zero-order valence-electron chi connectivity index (χ0n) is 18.6. The van der Waals surface area contributed by atoms with E-state index < -0.39 is 11.8 Å². The van der Waals surface area contributed by atoms with Gasteiger partial charge in [0.2, 0.25) is 0 Å². The second kappa shape index (κ2) is 9.92. The molecule has 5 nitrogen and oxygen atoms in total. The van der Waals surface area contributed by atoms with Gasteiger partial charge < -0.3 is 9.84 Å². The van der Waals surface area contributed by atoms with E-state index in [1.54, 1.807) is 17.9 Å². The predicted octanol–water partition coefficient (Wildman–Crippen LogP) is 6.26. The van der Waals surface area contributed by atoms with Gasteiger partial charge in [-0.15, -0.1) is 0 Å². The van der Waals surface area contributed by atoms with E-state index in [4.69, 9.17) is 16.3 Å². The highest BCUT2D eigenvalue weighted by molar-refractivity contribution is 6.30. The fraction of sp³-hybridized carbons (Fsp3) is 0.565. The molecular weight excluding hydrogens is 407 g/mol. The Balaban J connectivity index is 2.35. The van der Waals surface area contributed by atoms with Crippen molar-refractivity contribution in [3.05, 3.63) is 46.0 Å². The first-order chi connectivity index (χ1) is 14.0. The fourth-order valence-corrected chi connectivity index (χ4v) is 3.79. The molecule has 0 aliphatic carbocycles. The SMILES string of the molecule is COC(C)(C)CCCC(C)Cc1nn(-c2ccc(F)c(Cl)c2)c(C(C)C)c1C(=O)O. The van der Waals surface area contributed by atoms with Crippen molar-refractivity contribution in [3.63, 3.8) is 0 Å². The maximum atomic E-state index is 13.6.